The van der Waals surface area contributed by atoms with E-state index < -0.39 is 0 Å². The lowest BCUT2D eigenvalue weighted by atomic mass is 10.1. The highest BCUT2D eigenvalue weighted by molar-refractivity contribution is 5.31. The van der Waals surface area contributed by atoms with Crippen molar-refractivity contribution >= 4 is 0 Å². The molecule has 0 radical (unpaired) electrons. The number of nitrogens with zero attached hydrogens (tertiary/aromatic N) is 2. The Balaban J connectivity index is 1.42. The third-order valence-electron chi connectivity index (χ3n) is 4.26. The molecule has 4 heteroatoms. The Bertz CT molecular complexity index is 664. The van der Waals surface area contributed by atoms with Gasteiger partial charge in [0.1, 0.15) is 0 Å². The first-order chi connectivity index (χ1) is 11.8. The van der Waals surface area contributed by atoms with Crippen LogP contribution in [0.1, 0.15) is 16.7 Å². The molecular weight excluding hydrogens is 298 g/mol. The van der Waals surface area contributed by atoms with E-state index in [0.29, 0.717) is 5.56 Å². The van der Waals surface area contributed by atoms with E-state index in [1.165, 1.54) is 11.1 Å². The number of nitriles is 1. The van der Waals surface area contributed by atoms with Gasteiger partial charge in [-0.3, -0.25) is 4.90 Å². The van der Waals surface area contributed by atoms with E-state index in [1.807, 2.05) is 24.3 Å². The number of morpholine rings is 1. The highest BCUT2D eigenvalue weighted by Gasteiger charge is 2.20. The fraction of sp³-hybridized carbons (Fsp3) is 0.350. The molecule has 1 saturated heterocycles. The van der Waals surface area contributed by atoms with E-state index in [0.717, 1.165) is 39.3 Å². The first kappa shape index (κ1) is 16.7. The number of rotatable bonds is 6. The van der Waals surface area contributed by atoms with Crippen LogP contribution < -0.4 is 5.32 Å². The summed E-state index contributed by atoms with van der Waals surface area (Å²) in [6.07, 6.45) is 0.223. The van der Waals surface area contributed by atoms with Crippen molar-refractivity contribution in [1.29, 1.82) is 5.26 Å². The highest BCUT2D eigenvalue weighted by Crippen LogP contribution is 2.10. The quantitative estimate of drug-likeness (QED) is 0.888. The second-order valence-electron chi connectivity index (χ2n) is 6.15. The maximum Gasteiger partial charge on any atom is 0.0991 e. The summed E-state index contributed by atoms with van der Waals surface area (Å²) >= 11 is 0. The predicted molar refractivity (Wildman–Crippen MR) is 94.3 cm³/mol. The van der Waals surface area contributed by atoms with Gasteiger partial charge in [0.15, 0.2) is 0 Å². The van der Waals surface area contributed by atoms with Crippen molar-refractivity contribution in [2.75, 3.05) is 26.2 Å². The van der Waals surface area contributed by atoms with Crippen LogP contribution in [-0.2, 0) is 17.8 Å². The smallest absolute Gasteiger partial charge is 0.0991 e. The molecule has 0 aliphatic carbocycles. The molecule has 0 spiro atoms. The van der Waals surface area contributed by atoms with Crippen LogP contribution in [0.3, 0.4) is 0 Å². The first-order valence-corrected chi connectivity index (χ1v) is 8.41. The lowest BCUT2D eigenvalue weighted by Crippen LogP contribution is -2.46. The molecule has 1 atom stereocenters. The fourth-order valence-electron chi connectivity index (χ4n) is 2.96. The van der Waals surface area contributed by atoms with Gasteiger partial charge in [-0.05, 0) is 23.3 Å². The van der Waals surface area contributed by atoms with E-state index in [1.54, 1.807) is 0 Å². The van der Waals surface area contributed by atoms with Gasteiger partial charge in [-0.1, -0.05) is 42.5 Å². The largest absolute Gasteiger partial charge is 0.374 e. The van der Waals surface area contributed by atoms with Gasteiger partial charge in [-0.2, -0.15) is 5.26 Å². The van der Waals surface area contributed by atoms with Gasteiger partial charge in [0.25, 0.3) is 0 Å². The summed E-state index contributed by atoms with van der Waals surface area (Å²) in [7, 11) is 0. The maximum absolute atomic E-state index is 8.82. The zero-order chi connectivity index (χ0) is 16.6. The third kappa shape index (κ3) is 4.90. The molecule has 1 aliphatic rings. The van der Waals surface area contributed by atoms with Crippen LogP contribution in [-0.4, -0.2) is 37.2 Å². The summed E-state index contributed by atoms with van der Waals surface area (Å²) in [6.45, 7) is 5.35. The molecule has 0 saturated carbocycles. The summed E-state index contributed by atoms with van der Waals surface area (Å²) in [5.41, 5.74) is 3.24. The van der Waals surface area contributed by atoms with Gasteiger partial charge < -0.3 is 10.1 Å². The van der Waals surface area contributed by atoms with Crippen molar-refractivity contribution in [3.8, 4) is 6.07 Å². The Labute approximate surface area is 143 Å². The van der Waals surface area contributed by atoms with Crippen LogP contribution in [0.2, 0.25) is 0 Å². The lowest BCUT2D eigenvalue weighted by Gasteiger charge is -2.33. The zero-order valence-corrected chi connectivity index (χ0v) is 13.8. The zero-order valence-electron chi connectivity index (χ0n) is 13.8. The normalized spacial score (nSPS) is 18.2. The van der Waals surface area contributed by atoms with E-state index in [4.69, 9.17) is 10.00 Å². The average Bonchev–Trinajstić information content (AvgIpc) is 2.63. The van der Waals surface area contributed by atoms with E-state index in [9.17, 15) is 0 Å². The van der Waals surface area contributed by atoms with Gasteiger partial charge in [-0.15, -0.1) is 0 Å². The third-order valence-corrected chi connectivity index (χ3v) is 4.26. The predicted octanol–water partition coefficient (Wildman–Crippen LogP) is 2.55. The van der Waals surface area contributed by atoms with Crippen LogP contribution in [0, 0.1) is 11.3 Å². The molecule has 2 aromatic rings. The van der Waals surface area contributed by atoms with Gasteiger partial charge in [0.05, 0.1) is 24.3 Å². The number of benzene rings is 2. The highest BCUT2D eigenvalue weighted by atomic mass is 16.5. The van der Waals surface area contributed by atoms with Crippen LogP contribution in [0.4, 0.5) is 0 Å². The van der Waals surface area contributed by atoms with Crippen LogP contribution >= 0.6 is 0 Å². The Kier molecular flexibility index (Phi) is 5.97. The van der Waals surface area contributed by atoms with E-state index in [-0.39, 0.29) is 6.10 Å². The molecule has 3 rings (SSSR count). The van der Waals surface area contributed by atoms with Crippen molar-refractivity contribution in [3.05, 3.63) is 71.3 Å². The molecule has 1 heterocycles. The Morgan fingerprint density at radius 3 is 2.62 bits per heavy atom. The van der Waals surface area contributed by atoms with Crippen molar-refractivity contribution in [2.45, 2.75) is 19.2 Å². The van der Waals surface area contributed by atoms with Gasteiger partial charge in [0.2, 0.25) is 0 Å². The van der Waals surface area contributed by atoms with E-state index in [2.05, 4.69) is 46.6 Å². The molecule has 4 nitrogen and oxygen atoms in total. The SMILES string of the molecule is N#Cc1ccc(CNCC2CN(Cc3ccccc3)CCO2)cc1. The summed E-state index contributed by atoms with van der Waals surface area (Å²) in [5.74, 6) is 0. The van der Waals surface area contributed by atoms with Crippen molar-refractivity contribution in [1.82, 2.24) is 10.2 Å². The molecular formula is C20H23N3O. The van der Waals surface area contributed by atoms with Crippen molar-refractivity contribution in [3.63, 3.8) is 0 Å². The van der Waals surface area contributed by atoms with Crippen molar-refractivity contribution in [2.24, 2.45) is 0 Å². The van der Waals surface area contributed by atoms with Gasteiger partial charge in [0, 0.05) is 32.7 Å². The average molecular weight is 321 g/mol. The lowest BCUT2D eigenvalue weighted by molar-refractivity contribution is -0.0300. The molecule has 0 amide bonds. The minimum absolute atomic E-state index is 0.223. The number of nitrogens with one attached hydrogen (secondary N) is 1. The van der Waals surface area contributed by atoms with Gasteiger partial charge in [-0.25, -0.2) is 0 Å². The summed E-state index contributed by atoms with van der Waals surface area (Å²) in [6, 6.07) is 20.4. The molecule has 1 fully saturated rings. The Morgan fingerprint density at radius 1 is 1.08 bits per heavy atom. The van der Waals surface area contributed by atoms with Crippen LogP contribution in [0.5, 0.6) is 0 Å². The summed E-state index contributed by atoms with van der Waals surface area (Å²) in [4.78, 5) is 2.45. The minimum Gasteiger partial charge on any atom is -0.374 e. The molecule has 2 aromatic carbocycles. The molecule has 1 N–H and O–H groups in total. The second-order valence-corrected chi connectivity index (χ2v) is 6.15. The van der Waals surface area contributed by atoms with E-state index >= 15 is 0 Å². The molecule has 1 unspecified atom stereocenters. The maximum atomic E-state index is 8.82. The standard InChI is InChI=1S/C20H23N3O/c21-12-17-6-8-18(9-7-17)13-22-14-20-16-23(10-11-24-20)15-19-4-2-1-3-5-19/h1-9,20,22H,10-11,13-16H2. The fourth-order valence-corrected chi connectivity index (χ4v) is 2.96. The number of hydrogen-bond acceptors (Lipinski definition) is 4. The molecule has 0 bridgehead atoms. The van der Waals surface area contributed by atoms with Crippen LogP contribution in [0.15, 0.2) is 54.6 Å². The molecule has 124 valence electrons. The Hall–Kier alpha value is -2.19. The topological polar surface area (TPSA) is 48.3 Å². The first-order valence-electron chi connectivity index (χ1n) is 8.41. The monoisotopic (exact) mass is 321 g/mol. The summed E-state index contributed by atoms with van der Waals surface area (Å²) in [5, 5.41) is 12.3. The molecule has 24 heavy (non-hydrogen) atoms. The number of hydrogen-bond donors (Lipinski definition) is 1. The summed E-state index contributed by atoms with van der Waals surface area (Å²) < 4.78 is 5.87. The molecule has 1 aliphatic heterocycles. The van der Waals surface area contributed by atoms with Crippen molar-refractivity contribution < 1.29 is 4.74 Å². The van der Waals surface area contributed by atoms with Gasteiger partial charge >= 0.3 is 0 Å². The second kappa shape index (κ2) is 8.60. The molecule has 0 aromatic heterocycles. The van der Waals surface area contributed by atoms with Crippen LogP contribution in [0.25, 0.3) is 0 Å². The minimum atomic E-state index is 0.223. The Morgan fingerprint density at radius 2 is 1.88 bits per heavy atom. The number of ether oxygens (including phenoxy) is 1.